The molecule has 120 valence electrons. The monoisotopic (exact) mass is 320 g/mol. The first-order valence-corrected chi connectivity index (χ1v) is 7.48. The third-order valence-electron chi connectivity index (χ3n) is 3.90. The molecule has 1 heterocycles. The number of para-hydroxylation sites is 1. The molecule has 1 aromatic heterocycles. The van der Waals surface area contributed by atoms with Crippen LogP contribution in [0.1, 0.15) is 27.6 Å². The van der Waals surface area contributed by atoms with Crippen molar-refractivity contribution in [2.75, 3.05) is 5.32 Å². The predicted octanol–water partition coefficient (Wildman–Crippen LogP) is 3.20. The van der Waals surface area contributed by atoms with Gasteiger partial charge >= 0.3 is 0 Å². The minimum absolute atomic E-state index is 0.0558. The summed E-state index contributed by atoms with van der Waals surface area (Å²) in [6, 6.07) is 13.9. The summed E-state index contributed by atoms with van der Waals surface area (Å²) in [5.41, 5.74) is 2.28. The number of amides is 1. The molecular formula is C19H16N2O3. The summed E-state index contributed by atoms with van der Waals surface area (Å²) < 4.78 is 1.82. The highest BCUT2D eigenvalue weighted by molar-refractivity contribution is 6.48. The lowest BCUT2D eigenvalue weighted by Gasteiger charge is -2.04. The van der Waals surface area contributed by atoms with Gasteiger partial charge in [0.05, 0.1) is 5.56 Å². The molecule has 1 amide bonds. The van der Waals surface area contributed by atoms with Gasteiger partial charge in [0.15, 0.2) is 5.78 Å². The van der Waals surface area contributed by atoms with Gasteiger partial charge in [-0.3, -0.25) is 14.4 Å². The third-order valence-corrected chi connectivity index (χ3v) is 3.90. The summed E-state index contributed by atoms with van der Waals surface area (Å²) in [4.78, 5) is 36.0. The summed E-state index contributed by atoms with van der Waals surface area (Å²) in [5, 5.41) is 3.31. The van der Waals surface area contributed by atoms with E-state index in [1.165, 1.54) is 6.92 Å². The van der Waals surface area contributed by atoms with Gasteiger partial charge in [-0.15, -0.1) is 0 Å². The highest BCUT2D eigenvalue weighted by Crippen LogP contribution is 2.21. The summed E-state index contributed by atoms with van der Waals surface area (Å²) in [7, 11) is 1.83. The molecule has 2 aromatic carbocycles. The van der Waals surface area contributed by atoms with Gasteiger partial charge in [0.2, 0.25) is 0 Å². The zero-order chi connectivity index (χ0) is 17.3. The molecule has 3 rings (SSSR count). The van der Waals surface area contributed by atoms with Gasteiger partial charge in [-0.05, 0) is 37.3 Å². The minimum atomic E-state index is -0.707. The normalized spacial score (nSPS) is 10.6. The average Bonchev–Trinajstić information content (AvgIpc) is 2.92. The average molecular weight is 320 g/mol. The molecule has 0 aliphatic carbocycles. The lowest BCUT2D eigenvalue weighted by atomic mass is 10.1. The van der Waals surface area contributed by atoms with E-state index in [0.717, 1.165) is 10.9 Å². The van der Waals surface area contributed by atoms with Crippen LogP contribution in [-0.2, 0) is 11.8 Å². The molecule has 0 saturated heterocycles. The number of fused-ring (bicyclic) bond motifs is 1. The second-order valence-electron chi connectivity index (χ2n) is 5.59. The van der Waals surface area contributed by atoms with Crippen LogP contribution in [-0.4, -0.2) is 22.0 Å². The van der Waals surface area contributed by atoms with Crippen LogP contribution in [0.4, 0.5) is 5.69 Å². The lowest BCUT2D eigenvalue weighted by molar-refractivity contribution is -0.112. The van der Waals surface area contributed by atoms with Crippen molar-refractivity contribution in [3.8, 4) is 0 Å². The molecule has 0 saturated carbocycles. The fourth-order valence-electron chi connectivity index (χ4n) is 2.62. The number of anilines is 1. The third kappa shape index (κ3) is 2.84. The molecule has 5 heteroatoms. The standard InChI is InChI=1S/C19H16N2O3/c1-12(22)13-7-9-14(10-8-13)20-19(24)18(23)16-11-21(2)17-6-4-3-5-15(16)17/h3-11H,1-2H3,(H,20,24). The lowest BCUT2D eigenvalue weighted by Crippen LogP contribution is -2.22. The first-order valence-electron chi connectivity index (χ1n) is 7.48. The fraction of sp³-hybridized carbons (Fsp3) is 0.105. The van der Waals surface area contributed by atoms with E-state index in [-0.39, 0.29) is 5.78 Å². The zero-order valence-electron chi connectivity index (χ0n) is 13.4. The Balaban J connectivity index is 1.84. The molecule has 5 nitrogen and oxygen atoms in total. The molecule has 0 atom stereocenters. The maximum Gasteiger partial charge on any atom is 0.296 e. The highest BCUT2D eigenvalue weighted by atomic mass is 16.2. The first-order chi connectivity index (χ1) is 11.5. The Labute approximate surface area is 138 Å². The molecule has 3 aromatic rings. The molecule has 0 spiro atoms. The van der Waals surface area contributed by atoms with E-state index in [4.69, 9.17) is 0 Å². The smallest absolute Gasteiger partial charge is 0.296 e. The van der Waals surface area contributed by atoms with Crippen molar-refractivity contribution in [3.05, 3.63) is 65.9 Å². The zero-order valence-corrected chi connectivity index (χ0v) is 13.4. The van der Waals surface area contributed by atoms with E-state index < -0.39 is 11.7 Å². The molecule has 24 heavy (non-hydrogen) atoms. The number of Topliss-reactive ketones (excluding diaryl/α,β-unsaturated/α-hetero) is 2. The maximum absolute atomic E-state index is 12.5. The number of carbonyl (C=O) groups excluding carboxylic acids is 3. The number of hydrogen-bond acceptors (Lipinski definition) is 3. The van der Waals surface area contributed by atoms with Crippen LogP contribution < -0.4 is 5.32 Å². The van der Waals surface area contributed by atoms with Gasteiger partial charge in [0.1, 0.15) is 0 Å². The molecule has 0 bridgehead atoms. The Hall–Kier alpha value is -3.21. The topological polar surface area (TPSA) is 68.2 Å². The summed E-state index contributed by atoms with van der Waals surface area (Å²) >= 11 is 0. The number of rotatable bonds is 4. The van der Waals surface area contributed by atoms with E-state index >= 15 is 0 Å². The Morgan fingerprint density at radius 2 is 1.62 bits per heavy atom. The Morgan fingerprint density at radius 1 is 0.958 bits per heavy atom. The van der Waals surface area contributed by atoms with Gasteiger partial charge in [-0.2, -0.15) is 0 Å². The Kier molecular flexibility index (Phi) is 4.00. The van der Waals surface area contributed by atoms with E-state index in [1.54, 1.807) is 30.5 Å². The predicted molar refractivity (Wildman–Crippen MR) is 92.3 cm³/mol. The Morgan fingerprint density at radius 3 is 2.29 bits per heavy atom. The number of aryl methyl sites for hydroxylation is 1. The van der Waals surface area contributed by atoms with Crippen LogP contribution in [0.25, 0.3) is 10.9 Å². The van der Waals surface area contributed by atoms with Crippen molar-refractivity contribution in [2.45, 2.75) is 6.92 Å². The van der Waals surface area contributed by atoms with Crippen molar-refractivity contribution >= 4 is 34.1 Å². The van der Waals surface area contributed by atoms with E-state index in [0.29, 0.717) is 16.8 Å². The van der Waals surface area contributed by atoms with Crippen LogP contribution in [0.2, 0.25) is 0 Å². The molecular weight excluding hydrogens is 304 g/mol. The number of benzene rings is 2. The van der Waals surface area contributed by atoms with E-state index in [2.05, 4.69) is 5.32 Å². The maximum atomic E-state index is 12.5. The SMILES string of the molecule is CC(=O)c1ccc(NC(=O)C(=O)c2cn(C)c3ccccc23)cc1. The van der Waals surface area contributed by atoms with Crippen molar-refractivity contribution in [1.82, 2.24) is 4.57 Å². The number of ketones is 2. The van der Waals surface area contributed by atoms with Gasteiger partial charge in [0.25, 0.3) is 11.7 Å². The van der Waals surface area contributed by atoms with Crippen LogP contribution in [0.5, 0.6) is 0 Å². The molecule has 0 aliphatic heterocycles. The number of nitrogens with zero attached hydrogens (tertiary/aromatic N) is 1. The highest BCUT2D eigenvalue weighted by Gasteiger charge is 2.21. The second kappa shape index (κ2) is 6.12. The molecule has 0 radical (unpaired) electrons. The Bertz CT molecular complexity index is 952. The van der Waals surface area contributed by atoms with Gasteiger partial charge in [-0.1, -0.05) is 18.2 Å². The second-order valence-corrected chi connectivity index (χ2v) is 5.59. The minimum Gasteiger partial charge on any atom is -0.350 e. The van der Waals surface area contributed by atoms with Crippen molar-refractivity contribution in [1.29, 1.82) is 0 Å². The van der Waals surface area contributed by atoms with Crippen LogP contribution in [0, 0.1) is 0 Å². The molecule has 0 unspecified atom stereocenters. The van der Waals surface area contributed by atoms with E-state index in [1.807, 2.05) is 35.9 Å². The number of hydrogen-bond donors (Lipinski definition) is 1. The summed E-state index contributed by atoms with van der Waals surface area (Å²) in [5.74, 6) is -1.36. The quantitative estimate of drug-likeness (QED) is 0.593. The fourth-order valence-corrected chi connectivity index (χ4v) is 2.62. The number of carbonyl (C=O) groups is 3. The molecule has 1 N–H and O–H groups in total. The van der Waals surface area contributed by atoms with Crippen molar-refractivity contribution in [3.63, 3.8) is 0 Å². The molecule has 0 fully saturated rings. The first kappa shape index (κ1) is 15.7. The van der Waals surface area contributed by atoms with Gasteiger partial charge < -0.3 is 9.88 Å². The van der Waals surface area contributed by atoms with Gasteiger partial charge in [0, 0.05) is 35.4 Å². The van der Waals surface area contributed by atoms with Crippen LogP contribution in [0.15, 0.2) is 54.7 Å². The number of nitrogens with one attached hydrogen (secondary N) is 1. The van der Waals surface area contributed by atoms with Crippen LogP contribution >= 0.6 is 0 Å². The van der Waals surface area contributed by atoms with Crippen molar-refractivity contribution in [2.24, 2.45) is 7.05 Å². The number of aromatic nitrogens is 1. The van der Waals surface area contributed by atoms with E-state index in [9.17, 15) is 14.4 Å². The van der Waals surface area contributed by atoms with Crippen LogP contribution in [0.3, 0.4) is 0 Å². The summed E-state index contributed by atoms with van der Waals surface area (Å²) in [6.45, 7) is 1.47. The summed E-state index contributed by atoms with van der Waals surface area (Å²) in [6.07, 6.45) is 1.66. The van der Waals surface area contributed by atoms with Gasteiger partial charge in [-0.25, -0.2) is 0 Å². The largest absolute Gasteiger partial charge is 0.350 e. The molecule has 0 aliphatic rings. The van der Waals surface area contributed by atoms with Crippen molar-refractivity contribution < 1.29 is 14.4 Å².